The number of rotatable bonds is 4. The van der Waals surface area contributed by atoms with Gasteiger partial charge in [0.15, 0.2) is 0 Å². The second-order valence-corrected chi connectivity index (χ2v) is 4.36. The average Bonchev–Trinajstić information content (AvgIpc) is 2.88. The van der Waals surface area contributed by atoms with Crippen LogP contribution in [0.2, 0.25) is 0 Å². The highest BCUT2D eigenvalue weighted by atomic mass is 19.4. The zero-order valence-corrected chi connectivity index (χ0v) is 10.7. The molecule has 2 aromatic rings. The Morgan fingerprint density at radius 1 is 1.25 bits per heavy atom. The Kier molecular flexibility index (Phi) is 4.13. The maximum atomic E-state index is 13.8. The molecule has 2 rings (SSSR count). The smallest absolute Gasteiger partial charge is 0.416 e. The van der Waals surface area contributed by atoms with Gasteiger partial charge in [-0.25, -0.2) is 4.39 Å². The molecule has 1 atom stereocenters. The fraction of sp³-hybridized carbons (Fsp3) is 0.286. The van der Waals surface area contributed by atoms with Crippen LogP contribution in [0, 0.1) is 5.82 Å². The number of alkyl halides is 3. The van der Waals surface area contributed by atoms with E-state index in [1.165, 1.54) is 6.26 Å². The highest BCUT2D eigenvalue weighted by Crippen LogP contribution is 2.32. The van der Waals surface area contributed by atoms with Crippen LogP contribution in [-0.4, -0.2) is 7.05 Å². The van der Waals surface area contributed by atoms with E-state index in [-0.39, 0.29) is 12.0 Å². The molecule has 0 aliphatic heterocycles. The summed E-state index contributed by atoms with van der Waals surface area (Å²) in [7, 11) is 1.56. The minimum absolute atomic E-state index is 0.0290. The molecule has 1 aromatic heterocycles. The first kappa shape index (κ1) is 14.6. The van der Waals surface area contributed by atoms with Crippen molar-refractivity contribution >= 4 is 0 Å². The second-order valence-electron chi connectivity index (χ2n) is 4.36. The summed E-state index contributed by atoms with van der Waals surface area (Å²) in [5.41, 5.74) is -0.896. The number of hydrogen-bond donors (Lipinski definition) is 1. The lowest BCUT2D eigenvalue weighted by Gasteiger charge is -2.18. The molecule has 2 nitrogen and oxygen atoms in total. The summed E-state index contributed by atoms with van der Waals surface area (Å²) >= 11 is 0. The summed E-state index contributed by atoms with van der Waals surface area (Å²) < 4.78 is 57.0. The van der Waals surface area contributed by atoms with E-state index < -0.39 is 23.6 Å². The van der Waals surface area contributed by atoms with Gasteiger partial charge >= 0.3 is 6.18 Å². The van der Waals surface area contributed by atoms with Gasteiger partial charge in [-0.05, 0) is 37.4 Å². The molecule has 0 amide bonds. The first-order chi connectivity index (χ1) is 9.41. The van der Waals surface area contributed by atoms with Crippen LogP contribution in [0.1, 0.15) is 22.9 Å². The number of hydrogen-bond acceptors (Lipinski definition) is 2. The molecule has 0 radical (unpaired) electrons. The van der Waals surface area contributed by atoms with Crippen LogP contribution < -0.4 is 5.32 Å². The number of nitrogens with one attached hydrogen (secondary N) is 1. The Morgan fingerprint density at radius 3 is 2.55 bits per heavy atom. The first-order valence-electron chi connectivity index (χ1n) is 5.98. The van der Waals surface area contributed by atoms with Gasteiger partial charge in [-0.15, -0.1) is 0 Å². The molecule has 0 spiro atoms. The van der Waals surface area contributed by atoms with E-state index in [9.17, 15) is 17.6 Å². The minimum Gasteiger partial charge on any atom is -0.469 e. The normalized spacial score (nSPS) is 13.4. The van der Waals surface area contributed by atoms with Crippen molar-refractivity contribution in [3.8, 4) is 0 Å². The molecule has 20 heavy (non-hydrogen) atoms. The number of benzene rings is 1. The second kappa shape index (κ2) is 5.66. The van der Waals surface area contributed by atoms with Crippen molar-refractivity contribution in [1.29, 1.82) is 0 Å². The Morgan fingerprint density at radius 2 is 2.00 bits per heavy atom. The van der Waals surface area contributed by atoms with Gasteiger partial charge in [0.25, 0.3) is 0 Å². The maximum absolute atomic E-state index is 13.8. The predicted molar refractivity (Wildman–Crippen MR) is 65.6 cm³/mol. The van der Waals surface area contributed by atoms with E-state index in [1.807, 2.05) is 0 Å². The zero-order valence-electron chi connectivity index (χ0n) is 10.7. The molecule has 0 fully saturated rings. The van der Waals surface area contributed by atoms with Gasteiger partial charge in [0.1, 0.15) is 11.6 Å². The van der Waals surface area contributed by atoms with E-state index in [0.29, 0.717) is 5.76 Å². The molecule has 6 heteroatoms. The summed E-state index contributed by atoms with van der Waals surface area (Å²) in [6, 6.07) is 5.17. The summed E-state index contributed by atoms with van der Waals surface area (Å²) in [4.78, 5) is 0. The van der Waals surface area contributed by atoms with E-state index in [2.05, 4.69) is 5.32 Å². The van der Waals surface area contributed by atoms with Crippen LogP contribution in [-0.2, 0) is 12.6 Å². The standard InChI is InChI=1S/C14H13F4NO/c1-19-13(8-10-3-2-6-20-10)11-7-9(14(16,17)18)4-5-12(11)15/h2-7,13,19H,8H2,1H3. The largest absolute Gasteiger partial charge is 0.469 e. The van der Waals surface area contributed by atoms with E-state index in [4.69, 9.17) is 4.42 Å². The van der Waals surface area contributed by atoms with Crippen LogP contribution in [0.4, 0.5) is 17.6 Å². The third-order valence-corrected chi connectivity index (χ3v) is 3.03. The zero-order chi connectivity index (χ0) is 14.8. The molecule has 0 bridgehead atoms. The maximum Gasteiger partial charge on any atom is 0.416 e. The highest BCUT2D eigenvalue weighted by molar-refractivity contribution is 5.30. The van der Waals surface area contributed by atoms with Crippen LogP contribution in [0.3, 0.4) is 0 Å². The summed E-state index contributed by atoms with van der Waals surface area (Å²) in [6.07, 6.45) is -2.77. The third-order valence-electron chi connectivity index (χ3n) is 3.03. The molecule has 0 saturated heterocycles. The van der Waals surface area contributed by atoms with Gasteiger partial charge in [-0.3, -0.25) is 0 Å². The fourth-order valence-corrected chi connectivity index (χ4v) is 1.98. The van der Waals surface area contributed by atoms with Crippen molar-refractivity contribution < 1.29 is 22.0 Å². The van der Waals surface area contributed by atoms with Crippen LogP contribution in [0.25, 0.3) is 0 Å². The Labute approximate surface area is 113 Å². The predicted octanol–water partition coefficient (Wildman–Crippen LogP) is 3.94. The van der Waals surface area contributed by atoms with E-state index in [1.54, 1.807) is 19.2 Å². The topological polar surface area (TPSA) is 25.2 Å². The molecule has 0 aliphatic carbocycles. The SMILES string of the molecule is CNC(Cc1ccco1)c1cc(C(F)(F)F)ccc1F. The lowest BCUT2D eigenvalue weighted by molar-refractivity contribution is -0.137. The molecule has 0 aliphatic rings. The van der Waals surface area contributed by atoms with Crippen molar-refractivity contribution in [3.63, 3.8) is 0 Å². The molecule has 0 saturated carbocycles. The van der Waals surface area contributed by atoms with Gasteiger partial charge in [0.05, 0.1) is 11.8 Å². The van der Waals surface area contributed by atoms with Crippen LogP contribution in [0.5, 0.6) is 0 Å². The van der Waals surface area contributed by atoms with Crippen molar-refractivity contribution in [2.24, 2.45) is 0 Å². The van der Waals surface area contributed by atoms with Crippen molar-refractivity contribution in [2.75, 3.05) is 7.05 Å². The molecular formula is C14H13F4NO. The van der Waals surface area contributed by atoms with Crippen LogP contribution in [0.15, 0.2) is 41.0 Å². The average molecular weight is 287 g/mol. The van der Waals surface area contributed by atoms with Gasteiger partial charge < -0.3 is 9.73 Å². The lowest BCUT2D eigenvalue weighted by Crippen LogP contribution is -2.21. The van der Waals surface area contributed by atoms with Gasteiger partial charge in [0.2, 0.25) is 0 Å². The fourth-order valence-electron chi connectivity index (χ4n) is 1.98. The molecule has 1 heterocycles. The number of furan rings is 1. The minimum atomic E-state index is -4.49. The lowest BCUT2D eigenvalue weighted by atomic mass is 9.99. The Balaban J connectivity index is 2.33. The van der Waals surface area contributed by atoms with Gasteiger partial charge in [-0.1, -0.05) is 0 Å². The summed E-state index contributed by atoms with van der Waals surface area (Å²) in [6.45, 7) is 0. The van der Waals surface area contributed by atoms with Gasteiger partial charge in [-0.2, -0.15) is 13.2 Å². The van der Waals surface area contributed by atoms with Crippen molar-refractivity contribution in [1.82, 2.24) is 5.32 Å². The molecule has 108 valence electrons. The third kappa shape index (κ3) is 3.19. The number of halogens is 4. The van der Waals surface area contributed by atoms with Gasteiger partial charge in [0, 0.05) is 18.0 Å². The summed E-state index contributed by atoms with van der Waals surface area (Å²) in [5, 5.41) is 2.81. The Hall–Kier alpha value is -1.82. The molecule has 1 aromatic carbocycles. The number of likely N-dealkylation sites (N-methyl/N-ethyl adjacent to an activating group) is 1. The molecular weight excluding hydrogens is 274 g/mol. The van der Waals surface area contributed by atoms with Crippen LogP contribution >= 0.6 is 0 Å². The molecule has 1 unspecified atom stereocenters. The van der Waals surface area contributed by atoms with Crippen molar-refractivity contribution in [2.45, 2.75) is 18.6 Å². The first-order valence-corrected chi connectivity index (χ1v) is 5.98. The van der Waals surface area contributed by atoms with E-state index >= 15 is 0 Å². The Bertz CT molecular complexity index is 563. The highest BCUT2D eigenvalue weighted by Gasteiger charge is 2.32. The monoisotopic (exact) mass is 287 g/mol. The quantitative estimate of drug-likeness (QED) is 0.862. The summed E-state index contributed by atoms with van der Waals surface area (Å²) in [5.74, 6) is -0.106. The van der Waals surface area contributed by atoms with Crippen molar-refractivity contribution in [3.05, 3.63) is 59.3 Å². The van der Waals surface area contributed by atoms with E-state index in [0.717, 1.165) is 18.2 Å². The molecule has 1 N–H and O–H groups in total.